The highest BCUT2D eigenvalue weighted by Gasteiger charge is 2.23. The molecule has 3 aromatic carbocycles. The van der Waals surface area contributed by atoms with Gasteiger partial charge in [0.1, 0.15) is 24.7 Å². The molecule has 0 aromatic heterocycles. The van der Waals surface area contributed by atoms with Gasteiger partial charge in [0.2, 0.25) is 0 Å². The van der Waals surface area contributed by atoms with E-state index in [2.05, 4.69) is 64.1 Å². The lowest BCUT2D eigenvalue weighted by atomic mass is 9.97. The molecule has 0 aliphatic heterocycles. The van der Waals surface area contributed by atoms with Gasteiger partial charge in [-0.1, -0.05) is 102 Å². The highest BCUT2D eigenvalue weighted by Crippen LogP contribution is 2.43. The number of rotatable bonds is 26. The number of aryl methyl sites for hydroxylation is 2. The van der Waals surface area contributed by atoms with Gasteiger partial charge in [0.15, 0.2) is 12.2 Å². The number of hydrogen-bond donors (Lipinski definition) is 0. The molecule has 0 aliphatic rings. The number of benzene rings is 3. The topological polar surface area (TPSA) is 89.5 Å². The smallest absolute Gasteiger partial charge is 0.306 e. The second-order valence-electron chi connectivity index (χ2n) is 13.4. The van der Waals surface area contributed by atoms with Crippen molar-refractivity contribution in [2.24, 2.45) is 0 Å². The highest BCUT2D eigenvalue weighted by atomic mass is 16.6. The monoisotopic (exact) mass is 694 g/mol. The van der Waals surface area contributed by atoms with E-state index < -0.39 is 12.2 Å². The molecule has 278 valence electrons. The Bertz CT molecular complexity index is 1340. The molecule has 0 fully saturated rings. The van der Waals surface area contributed by atoms with Crippen LogP contribution in [-0.2, 0) is 28.5 Å². The van der Waals surface area contributed by atoms with Crippen LogP contribution in [0.1, 0.15) is 116 Å². The Hall–Kier alpha value is -3.36. The summed E-state index contributed by atoms with van der Waals surface area (Å²) in [5.74, 6) is 0.951. The van der Waals surface area contributed by atoms with Crippen molar-refractivity contribution < 1.29 is 38.0 Å². The van der Waals surface area contributed by atoms with Crippen LogP contribution in [0.25, 0.3) is 21.5 Å². The SMILES string of the molecule is CCCCCC(=O)OC(COCCCC)COc1c2ccc(C)cc2c(OCC(COCCCC)OC(=O)CCCCC)c2ccc(C)cc12. The summed E-state index contributed by atoms with van der Waals surface area (Å²) in [6, 6.07) is 12.4. The fourth-order valence-corrected chi connectivity index (χ4v) is 5.72. The average Bonchev–Trinajstić information content (AvgIpc) is 3.09. The van der Waals surface area contributed by atoms with Crippen LogP contribution in [0.15, 0.2) is 36.4 Å². The maximum atomic E-state index is 12.7. The summed E-state index contributed by atoms with van der Waals surface area (Å²) >= 11 is 0. The minimum Gasteiger partial charge on any atom is -0.488 e. The lowest BCUT2D eigenvalue weighted by Crippen LogP contribution is -2.30. The Morgan fingerprint density at radius 3 is 1.30 bits per heavy atom. The Kier molecular flexibility index (Phi) is 19.0. The predicted molar refractivity (Wildman–Crippen MR) is 201 cm³/mol. The van der Waals surface area contributed by atoms with Gasteiger partial charge in [-0.15, -0.1) is 0 Å². The van der Waals surface area contributed by atoms with Crippen molar-refractivity contribution in [3.05, 3.63) is 47.5 Å². The lowest BCUT2D eigenvalue weighted by molar-refractivity contribution is -0.155. The zero-order valence-corrected chi connectivity index (χ0v) is 31.6. The molecule has 0 heterocycles. The van der Waals surface area contributed by atoms with Gasteiger partial charge < -0.3 is 28.4 Å². The molecule has 2 unspecified atom stereocenters. The number of hydrogen-bond acceptors (Lipinski definition) is 8. The summed E-state index contributed by atoms with van der Waals surface area (Å²) in [6.07, 6.45) is 9.27. The molecule has 3 aromatic rings. The van der Waals surface area contributed by atoms with Crippen molar-refractivity contribution in [2.75, 3.05) is 39.6 Å². The normalized spacial score (nSPS) is 12.6. The van der Waals surface area contributed by atoms with E-state index in [1.807, 2.05) is 13.8 Å². The van der Waals surface area contributed by atoms with Crippen LogP contribution in [0.4, 0.5) is 0 Å². The number of ether oxygens (including phenoxy) is 6. The predicted octanol–water partition coefficient (Wildman–Crippen LogP) is 9.99. The quantitative estimate of drug-likeness (QED) is 0.0466. The largest absolute Gasteiger partial charge is 0.488 e. The summed E-state index contributed by atoms with van der Waals surface area (Å²) in [6.45, 7) is 14.6. The van der Waals surface area contributed by atoms with Crippen molar-refractivity contribution in [3.63, 3.8) is 0 Å². The minimum atomic E-state index is -0.544. The Balaban J connectivity index is 1.94. The molecule has 0 aliphatic carbocycles. The van der Waals surface area contributed by atoms with Crippen molar-refractivity contribution in [1.82, 2.24) is 0 Å². The van der Waals surface area contributed by atoms with E-state index in [1.165, 1.54) is 0 Å². The minimum absolute atomic E-state index is 0.156. The molecule has 0 saturated heterocycles. The van der Waals surface area contributed by atoms with E-state index in [0.29, 0.717) is 37.6 Å². The molecular formula is C42H62O8. The zero-order chi connectivity index (χ0) is 36.1. The van der Waals surface area contributed by atoms with Gasteiger partial charge in [-0.05, 0) is 51.7 Å². The zero-order valence-electron chi connectivity index (χ0n) is 31.6. The van der Waals surface area contributed by atoms with Gasteiger partial charge in [0.05, 0.1) is 13.2 Å². The number of fused-ring (bicyclic) bond motifs is 2. The number of carbonyl (C=O) groups excluding carboxylic acids is 2. The lowest BCUT2D eigenvalue weighted by Gasteiger charge is -2.23. The number of carbonyl (C=O) groups is 2. The molecule has 0 N–H and O–H groups in total. The number of unbranched alkanes of at least 4 members (excludes halogenated alkanes) is 6. The maximum Gasteiger partial charge on any atom is 0.306 e. The van der Waals surface area contributed by atoms with Crippen LogP contribution < -0.4 is 9.47 Å². The third-order valence-electron chi connectivity index (χ3n) is 8.61. The van der Waals surface area contributed by atoms with Gasteiger partial charge in [-0.3, -0.25) is 9.59 Å². The van der Waals surface area contributed by atoms with E-state index in [1.54, 1.807) is 0 Å². The molecule has 2 atom stereocenters. The molecule has 0 saturated carbocycles. The van der Waals surface area contributed by atoms with Gasteiger partial charge >= 0.3 is 11.9 Å². The van der Waals surface area contributed by atoms with Crippen LogP contribution in [-0.4, -0.2) is 63.8 Å². The van der Waals surface area contributed by atoms with Crippen molar-refractivity contribution >= 4 is 33.5 Å². The first kappa shape index (κ1) is 41.1. The van der Waals surface area contributed by atoms with Crippen LogP contribution in [0.5, 0.6) is 11.5 Å². The summed E-state index contributed by atoms with van der Waals surface area (Å²) in [7, 11) is 0. The first-order valence-electron chi connectivity index (χ1n) is 19.1. The summed E-state index contributed by atoms with van der Waals surface area (Å²) < 4.78 is 36.9. The van der Waals surface area contributed by atoms with Gasteiger partial charge in [0, 0.05) is 47.6 Å². The van der Waals surface area contributed by atoms with E-state index >= 15 is 0 Å². The van der Waals surface area contributed by atoms with Crippen LogP contribution in [0.3, 0.4) is 0 Å². The Labute approximate surface area is 300 Å². The van der Waals surface area contributed by atoms with E-state index in [9.17, 15) is 9.59 Å². The van der Waals surface area contributed by atoms with Crippen LogP contribution in [0, 0.1) is 13.8 Å². The van der Waals surface area contributed by atoms with E-state index in [-0.39, 0.29) is 38.4 Å². The highest BCUT2D eigenvalue weighted by molar-refractivity contribution is 6.11. The molecule has 50 heavy (non-hydrogen) atoms. The third-order valence-corrected chi connectivity index (χ3v) is 8.61. The first-order valence-corrected chi connectivity index (χ1v) is 19.1. The Morgan fingerprint density at radius 2 is 0.920 bits per heavy atom. The molecule has 8 heteroatoms. The summed E-state index contributed by atoms with van der Waals surface area (Å²) in [4.78, 5) is 25.5. The molecule has 0 radical (unpaired) electrons. The van der Waals surface area contributed by atoms with Crippen molar-refractivity contribution in [2.45, 2.75) is 131 Å². The fourth-order valence-electron chi connectivity index (χ4n) is 5.72. The molecule has 0 spiro atoms. The van der Waals surface area contributed by atoms with Gasteiger partial charge in [0.25, 0.3) is 0 Å². The second-order valence-corrected chi connectivity index (χ2v) is 13.4. The van der Waals surface area contributed by atoms with Crippen molar-refractivity contribution in [1.29, 1.82) is 0 Å². The average molecular weight is 695 g/mol. The summed E-state index contributed by atoms with van der Waals surface area (Å²) in [5, 5.41) is 3.55. The van der Waals surface area contributed by atoms with Gasteiger partial charge in [-0.25, -0.2) is 0 Å². The molecule has 8 nitrogen and oxygen atoms in total. The maximum absolute atomic E-state index is 12.7. The second kappa shape index (κ2) is 23.2. The van der Waals surface area contributed by atoms with Gasteiger partial charge in [-0.2, -0.15) is 0 Å². The third kappa shape index (κ3) is 13.7. The molecule has 0 bridgehead atoms. The standard InChI is InChI=1S/C42H62O8/c1-7-11-15-17-39(43)49-33(27-45-23-13-9-3)29-47-41-35-21-19-32(6)26-38(35)42(36-22-20-31(5)25-37(36)41)48-30-34(28-46-24-14-10-4)50-40(44)18-16-12-8-2/h19-22,25-26,33-34H,7-18,23-24,27-30H2,1-6H3. The first-order chi connectivity index (χ1) is 24.3. The van der Waals surface area contributed by atoms with Crippen LogP contribution in [0.2, 0.25) is 0 Å². The van der Waals surface area contributed by atoms with Crippen LogP contribution >= 0.6 is 0 Å². The molecule has 0 amide bonds. The Morgan fingerprint density at radius 1 is 0.520 bits per heavy atom. The number of esters is 2. The molecular weight excluding hydrogens is 632 g/mol. The summed E-state index contributed by atoms with van der Waals surface area (Å²) in [5.41, 5.74) is 2.15. The van der Waals surface area contributed by atoms with Crippen molar-refractivity contribution in [3.8, 4) is 11.5 Å². The van der Waals surface area contributed by atoms with E-state index in [0.717, 1.165) is 96.9 Å². The fraction of sp³-hybridized carbons (Fsp3) is 0.619. The molecule has 3 rings (SSSR count). The van der Waals surface area contributed by atoms with E-state index in [4.69, 9.17) is 28.4 Å².